The Morgan fingerprint density at radius 2 is 2.00 bits per heavy atom. The fourth-order valence-electron chi connectivity index (χ4n) is 1.70. The summed E-state index contributed by atoms with van der Waals surface area (Å²) in [6.45, 7) is 0. The highest BCUT2D eigenvalue weighted by Gasteiger charge is 2.19. The molecule has 1 atom stereocenters. The maximum atomic E-state index is 13.9. The molecule has 0 aliphatic rings. The van der Waals surface area contributed by atoms with E-state index in [0.29, 0.717) is 21.2 Å². The summed E-state index contributed by atoms with van der Waals surface area (Å²) in [7, 11) is 0. The molecule has 0 aliphatic heterocycles. The Labute approximate surface area is 114 Å². The predicted octanol–water partition coefficient (Wildman–Crippen LogP) is 3.08. The van der Waals surface area contributed by atoms with Crippen molar-refractivity contribution in [3.05, 3.63) is 63.6 Å². The molecule has 1 aromatic carbocycles. The van der Waals surface area contributed by atoms with Crippen molar-refractivity contribution >= 4 is 23.2 Å². The summed E-state index contributed by atoms with van der Waals surface area (Å²) in [6.07, 6.45) is 3.05. The molecule has 18 heavy (non-hydrogen) atoms. The number of rotatable bonds is 3. The van der Waals surface area contributed by atoms with Gasteiger partial charge in [-0.1, -0.05) is 29.3 Å². The van der Waals surface area contributed by atoms with Gasteiger partial charge >= 0.3 is 0 Å². The fraction of sp³-hybridized carbons (Fsp3) is 0.0833. The summed E-state index contributed by atoms with van der Waals surface area (Å²) in [5.41, 5.74) is 3.56. The maximum Gasteiger partial charge on any atom is 0.129 e. The van der Waals surface area contributed by atoms with Gasteiger partial charge in [-0.25, -0.2) is 9.82 Å². The zero-order valence-corrected chi connectivity index (χ0v) is 10.7. The quantitative estimate of drug-likeness (QED) is 0.673. The number of pyridine rings is 1. The smallest absolute Gasteiger partial charge is 0.129 e. The van der Waals surface area contributed by atoms with Crippen LogP contribution in [0.4, 0.5) is 4.39 Å². The van der Waals surface area contributed by atoms with Crippen LogP contribution < -0.4 is 11.3 Å². The first-order chi connectivity index (χ1) is 8.63. The SMILES string of the molecule is NNC(c1ccc(Cl)cc1F)c1ccncc1Cl. The third kappa shape index (κ3) is 2.62. The molecular weight excluding hydrogens is 276 g/mol. The summed E-state index contributed by atoms with van der Waals surface area (Å²) in [4.78, 5) is 3.88. The van der Waals surface area contributed by atoms with Crippen molar-refractivity contribution in [3.63, 3.8) is 0 Å². The molecule has 94 valence electrons. The Bertz CT molecular complexity index is 563. The van der Waals surface area contributed by atoms with E-state index < -0.39 is 11.9 Å². The normalized spacial score (nSPS) is 12.4. The van der Waals surface area contributed by atoms with Gasteiger partial charge in [0.15, 0.2) is 0 Å². The van der Waals surface area contributed by atoms with E-state index in [0.717, 1.165) is 0 Å². The zero-order chi connectivity index (χ0) is 13.1. The summed E-state index contributed by atoms with van der Waals surface area (Å²) >= 11 is 11.7. The maximum absolute atomic E-state index is 13.9. The van der Waals surface area contributed by atoms with E-state index in [2.05, 4.69) is 10.4 Å². The second-order valence-electron chi connectivity index (χ2n) is 3.66. The van der Waals surface area contributed by atoms with Gasteiger partial charge in [0.2, 0.25) is 0 Å². The van der Waals surface area contributed by atoms with E-state index in [1.807, 2.05) is 0 Å². The molecule has 3 N–H and O–H groups in total. The monoisotopic (exact) mass is 285 g/mol. The van der Waals surface area contributed by atoms with Gasteiger partial charge in [0.05, 0.1) is 11.1 Å². The molecule has 0 radical (unpaired) electrons. The first kappa shape index (κ1) is 13.2. The van der Waals surface area contributed by atoms with Crippen molar-refractivity contribution in [3.8, 4) is 0 Å². The minimum absolute atomic E-state index is 0.327. The van der Waals surface area contributed by atoms with Gasteiger partial charge in [-0.2, -0.15) is 0 Å². The van der Waals surface area contributed by atoms with E-state index in [9.17, 15) is 4.39 Å². The van der Waals surface area contributed by atoms with Crippen molar-refractivity contribution in [2.24, 2.45) is 5.84 Å². The minimum atomic E-state index is -0.558. The molecule has 1 heterocycles. The van der Waals surface area contributed by atoms with Gasteiger partial charge in [0, 0.05) is 23.0 Å². The average Bonchev–Trinajstić information content (AvgIpc) is 2.34. The van der Waals surface area contributed by atoms with Crippen LogP contribution in [0.3, 0.4) is 0 Å². The molecule has 1 unspecified atom stereocenters. The van der Waals surface area contributed by atoms with Crippen molar-refractivity contribution in [1.82, 2.24) is 10.4 Å². The van der Waals surface area contributed by atoms with Crippen LogP contribution in [-0.4, -0.2) is 4.98 Å². The third-order valence-electron chi connectivity index (χ3n) is 2.55. The molecule has 0 aliphatic carbocycles. The second kappa shape index (κ2) is 5.63. The number of benzene rings is 1. The molecule has 6 heteroatoms. The van der Waals surface area contributed by atoms with Gasteiger partial charge in [-0.05, 0) is 23.8 Å². The Balaban J connectivity index is 2.49. The van der Waals surface area contributed by atoms with Gasteiger partial charge in [0.1, 0.15) is 5.82 Å². The van der Waals surface area contributed by atoms with Gasteiger partial charge in [-0.3, -0.25) is 10.8 Å². The van der Waals surface area contributed by atoms with Crippen molar-refractivity contribution < 1.29 is 4.39 Å². The lowest BCUT2D eigenvalue weighted by Crippen LogP contribution is -2.29. The Hall–Kier alpha value is -1.20. The molecular formula is C12H10Cl2FN3. The fourth-order valence-corrected chi connectivity index (χ4v) is 2.09. The van der Waals surface area contributed by atoms with Crippen molar-refractivity contribution in [2.75, 3.05) is 0 Å². The number of halogens is 3. The second-order valence-corrected chi connectivity index (χ2v) is 4.51. The van der Waals surface area contributed by atoms with Crippen LogP contribution in [0.1, 0.15) is 17.2 Å². The van der Waals surface area contributed by atoms with E-state index in [4.69, 9.17) is 29.0 Å². The molecule has 0 fully saturated rings. The molecule has 2 aromatic rings. The number of hydrogen-bond donors (Lipinski definition) is 2. The van der Waals surface area contributed by atoms with E-state index >= 15 is 0 Å². The highest BCUT2D eigenvalue weighted by molar-refractivity contribution is 6.31. The lowest BCUT2D eigenvalue weighted by molar-refractivity contribution is 0.560. The summed E-state index contributed by atoms with van der Waals surface area (Å²) in [6, 6.07) is 5.52. The number of aromatic nitrogens is 1. The van der Waals surface area contributed by atoms with Gasteiger partial charge in [0.25, 0.3) is 0 Å². The van der Waals surface area contributed by atoms with Crippen LogP contribution in [0, 0.1) is 5.82 Å². The number of nitrogens with zero attached hydrogens (tertiary/aromatic N) is 1. The highest BCUT2D eigenvalue weighted by atomic mass is 35.5. The molecule has 2 rings (SSSR count). The largest absolute Gasteiger partial charge is 0.271 e. The molecule has 0 saturated carbocycles. The first-order valence-electron chi connectivity index (χ1n) is 5.14. The van der Waals surface area contributed by atoms with E-state index in [1.165, 1.54) is 12.3 Å². The van der Waals surface area contributed by atoms with Crippen molar-refractivity contribution in [1.29, 1.82) is 0 Å². The van der Waals surface area contributed by atoms with Crippen LogP contribution in [-0.2, 0) is 0 Å². The predicted molar refractivity (Wildman–Crippen MR) is 69.8 cm³/mol. The number of hydrogen-bond acceptors (Lipinski definition) is 3. The molecule has 0 spiro atoms. The van der Waals surface area contributed by atoms with E-state index in [-0.39, 0.29) is 0 Å². The third-order valence-corrected chi connectivity index (χ3v) is 3.11. The topological polar surface area (TPSA) is 50.9 Å². The minimum Gasteiger partial charge on any atom is -0.271 e. The lowest BCUT2D eigenvalue weighted by Gasteiger charge is -2.18. The van der Waals surface area contributed by atoms with Crippen molar-refractivity contribution in [2.45, 2.75) is 6.04 Å². The Kier molecular flexibility index (Phi) is 4.14. The number of hydrazine groups is 1. The number of nitrogens with two attached hydrogens (primary N) is 1. The zero-order valence-electron chi connectivity index (χ0n) is 9.20. The van der Waals surface area contributed by atoms with Crippen LogP contribution >= 0.6 is 23.2 Å². The average molecular weight is 286 g/mol. The van der Waals surface area contributed by atoms with Crippen LogP contribution in [0.15, 0.2) is 36.7 Å². The van der Waals surface area contributed by atoms with Gasteiger partial charge in [-0.15, -0.1) is 0 Å². The molecule has 0 saturated heterocycles. The summed E-state index contributed by atoms with van der Waals surface area (Å²) in [5.74, 6) is 5.04. The van der Waals surface area contributed by atoms with Crippen LogP contribution in [0.25, 0.3) is 0 Å². The highest BCUT2D eigenvalue weighted by Crippen LogP contribution is 2.29. The van der Waals surface area contributed by atoms with Crippen LogP contribution in [0.5, 0.6) is 0 Å². The van der Waals surface area contributed by atoms with E-state index in [1.54, 1.807) is 24.4 Å². The number of nitrogens with one attached hydrogen (secondary N) is 1. The standard InChI is InChI=1S/C12H10Cl2FN3/c13-7-1-2-9(11(15)5-7)12(18-16)8-3-4-17-6-10(8)14/h1-6,12,18H,16H2. The summed E-state index contributed by atoms with van der Waals surface area (Å²) in [5, 5.41) is 0.739. The Morgan fingerprint density at radius 1 is 1.22 bits per heavy atom. The van der Waals surface area contributed by atoms with Gasteiger partial charge < -0.3 is 0 Å². The molecule has 1 aromatic heterocycles. The van der Waals surface area contributed by atoms with Crippen LogP contribution in [0.2, 0.25) is 10.0 Å². The Morgan fingerprint density at radius 3 is 2.61 bits per heavy atom. The molecule has 3 nitrogen and oxygen atoms in total. The lowest BCUT2D eigenvalue weighted by atomic mass is 10.00. The molecule has 0 amide bonds. The molecule has 0 bridgehead atoms. The first-order valence-corrected chi connectivity index (χ1v) is 5.89. The summed E-state index contributed by atoms with van der Waals surface area (Å²) < 4.78 is 13.9.